The molecule has 0 aliphatic rings. The Hall–Kier alpha value is -2.33. The summed E-state index contributed by atoms with van der Waals surface area (Å²) in [5.41, 5.74) is 3.86. The zero-order valence-electron chi connectivity index (χ0n) is 12.2. The third kappa shape index (κ3) is 4.07. The lowest BCUT2D eigenvalue weighted by atomic mass is 10.1. The van der Waals surface area contributed by atoms with Gasteiger partial charge < -0.3 is 15.2 Å². The van der Waals surface area contributed by atoms with E-state index in [0.717, 1.165) is 23.2 Å². The van der Waals surface area contributed by atoms with E-state index in [4.69, 9.17) is 0 Å². The summed E-state index contributed by atoms with van der Waals surface area (Å²) in [7, 11) is 1.37. The summed E-state index contributed by atoms with van der Waals surface area (Å²) in [6.45, 7) is 3.41. The van der Waals surface area contributed by atoms with Crippen molar-refractivity contribution in [2.24, 2.45) is 0 Å². The molecule has 0 fully saturated rings. The molecule has 0 aliphatic carbocycles. The number of aryl methyl sites for hydroxylation is 1. The summed E-state index contributed by atoms with van der Waals surface area (Å²) in [5.74, 6) is -0.0381. The number of esters is 1. The molecule has 0 aliphatic heterocycles. The fourth-order valence-electron chi connectivity index (χ4n) is 2.10. The number of rotatable bonds is 5. The lowest BCUT2D eigenvalue weighted by molar-refractivity contribution is 0.0600. The molecule has 0 radical (unpaired) electrons. The van der Waals surface area contributed by atoms with Crippen molar-refractivity contribution in [3.8, 4) is 5.75 Å². The highest BCUT2D eigenvalue weighted by atomic mass is 16.5. The second-order valence-electron chi connectivity index (χ2n) is 4.90. The van der Waals surface area contributed by atoms with Gasteiger partial charge in [0.15, 0.2) is 0 Å². The van der Waals surface area contributed by atoms with Crippen LogP contribution in [0.25, 0.3) is 0 Å². The molecule has 4 heteroatoms. The van der Waals surface area contributed by atoms with Gasteiger partial charge in [-0.05, 0) is 47.9 Å². The molecule has 0 bridgehead atoms. The number of ether oxygens (including phenoxy) is 1. The summed E-state index contributed by atoms with van der Waals surface area (Å²) >= 11 is 0. The monoisotopic (exact) mass is 285 g/mol. The molecule has 0 spiro atoms. The van der Waals surface area contributed by atoms with Crippen molar-refractivity contribution in [2.45, 2.75) is 20.0 Å². The standard InChI is InChI=1S/C17H19NO3/c1-12-9-16(19)8-7-15(12)11-18-10-13-3-5-14(6-4-13)17(20)21-2/h3-9,18-19H,10-11H2,1-2H3. The first-order valence-electron chi connectivity index (χ1n) is 6.76. The zero-order valence-corrected chi connectivity index (χ0v) is 12.2. The van der Waals surface area contributed by atoms with Gasteiger partial charge in [-0.3, -0.25) is 0 Å². The van der Waals surface area contributed by atoms with Gasteiger partial charge in [0.25, 0.3) is 0 Å². The van der Waals surface area contributed by atoms with Crippen LogP contribution in [0.4, 0.5) is 0 Å². The fraction of sp³-hybridized carbons (Fsp3) is 0.235. The van der Waals surface area contributed by atoms with Crippen molar-refractivity contribution in [1.82, 2.24) is 5.32 Å². The molecule has 0 aromatic heterocycles. The average molecular weight is 285 g/mol. The second-order valence-corrected chi connectivity index (χ2v) is 4.90. The fourth-order valence-corrected chi connectivity index (χ4v) is 2.10. The maximum absolute atomic E-state index is 11.3. The van der Waals surface area contributed by atoms with Crippen LogP contribution in [0, 0.1) is 6.92 Å². The van der Waals surface area contributed by atoms with Crippen molar-refractivity contribution < 1.29 is 14.6 Å². The minimum Gasteiger partial charge on any atom is -0.508 e. The van der Waals surface area contributed by atoms with Crippen LogP contribution in [0.15, 0.2) is 42.5 Å². The first-order valence-corrected chi connectivity index (χ1v) is 6.76. The van der Waals surface area contributed by atoms with E-state index in [2.05, 4.69) is 10.1 Å². The number of benzene rings is 2. The molecule has 21 heavy (non-hydrogen) atoms. The number of hydrogen-bond donors (Lipinski definition) is 2. The number of hydrogen-bond acceptors (Lipinski definition) is 4. The van der Waals surface area contributed by atoms with Crippen LogP contribution >= 0.6 is 0 Å². The van der Waals surface area contributed by atoms with Gasteiger partial charge >= 0.3 is 5.97 Å². The van der Waals surface area contributed by atoms with Crippen molar-refractivity contribution in [3.05, 3.63) is 64.7 Å². The minimum atomic E-state index is -0.325. The molecule has 4 nitrogen and oxygen atoms in total. The number of aromatic hydroxyl groups is 1. The topological polar surface area (TPSA) is 58.6 Å². The molecule has 0 amide bonds. The van der Waals surface area contributed by atoms with Gasteiger partial charge in [0.05, 0.1) is 12.7 Å². The van der Waals surface area contributed by atoms with Crippen molar-refractivity contribution in [2.75, 3.05) is 7.11 Å². The van der Waals surface area contributed by atoms with E-state index in [-0.39, 0.29) is 11.7 Å². The summed E-state index contributed by atoms with van der Waals surface area (Å²) in [6.07, 6.45) is 0. The molecule has 0 saturated heterocycles. The Kier molecular flexibility index (Phi) is 4.95. The Morgan fingerprint density at radius 3 is 2.48 bits per heavy atom. The molecule has 2 aromatic rings. The van der Waals surface area contributed by atoms with Crippen LogP contribution in [0.3, 0.4) is 0 Å². The predicted octanol–water partition coefficient (Wildman–Crippen LogP) is 2.78. The molecule has 2 aromatic carbocycles. The predicted molar refractivity (Wildman–Crippen MR) is 81.2 cm³/mol. The van der Waals surface area contributed by atoms with Crippen LogP contribution in [-0.2, 0) is 17.8 Å². The van der Waals surface area contributed by atoms with Crippen LogP contribution in [0.2, 0.25) is 0 Å². The van der Waals surface area contributed by atoms with E-state index >= 15 is 0 Å². The van der Waals surface area contributed by atoms with Gasteiger partial charge in [-0.15, -0.1) is 0 Å². The van der Waals surface area contributed by atoms with Crippen LogP contribution < -0.4 is 5.32 Å². The largest absolute Gasteiger partial charge is 0.508 e. The highest BCUT2D eigenvalue weighted by Gasteiger charge is 2.04. The van der Waals surface area contributed by atoms with Crippen LogP contribution in [0.5, 0.6) is 5.75 Å². The van der Waals surface area contributed by atoms with E-state index in [0.29, 0.717) is 12.1 Å². The molecule has 0 heterocycles. The summed E-state index contributed by atoms with van der Waals surface area (Å²) in [6, 6.07) is 12.7. The zero-order chi connectivity index (χ0) is 15.2. The van der Waals surface area contributed by atoms with E-state index in [9.17, 15) is 9.90 Å². The number of nitrogens with one attached hydrogen (secondary N) is 1. The SMILES string of the molecule is COC(=O)c1ccc(CNCc2ccc(O)cc2C)cc1. The minimum absolute atomic E-state index is 0.287. The van der Waals surface area contributed by atoms with Gasteiger partial charge in [0.1, 0.15) is 5.75 Å². The molecule has 110 valence electrons. The third-order valence-electron chi connectivity index (χ3n) is 3.35. The maximum atomic E-state index is 11.3. The Labute approximate surface area is 124 Å². The Morgan fingerprint density at radius 1 is 1.14 bits per heavy atom. The first-order chi connectivity index (χ1) is 10.1. The number of phenolic OH excluding ortho intramolecular Hbond substituents is 1. The van der Waals surface area contributed by atoms with E-state index in [1.165, 1.54) is 7.11 Å². The first kappa shape index (κ1) is 15.1. The third-order valence-corrected chi connectivity index (χ3v) is 3.35. The van der Waals surface area contributed by atoms with Gasteiger partial charge in [0.2, 0.25) is 0 Å². The molecule has 0 saturated carbocycles. The maximum Gasteiger partial charge on any atom is 0.337 e. The number of carbonyl (C=O) groups is 1. The number of methoxy groups -OCH3 is 1. The lowest BCUT2D eigenvalue weighted by Crippen LogP contribution is -2.13. The normalized spacial score (nSPS) is 10.4. The highest BCUT2D eigenvalue weighted by molar-refractivity contribution is 5.89. The Bertz CT molecular complexity index is 620. The molecular weight excluding hydrogens is 266 g/mol. The summed E-state index contributed by atoms with van der Waals surface area (Å²) < 4.78 is 4.66. The van der Waals surface area contributed by atoms with E-state index < -0.39 is 0 Å². The molecule has 0 atom stereocenters. The van der Waals surface area contributed by atoms with Crippen molar-refractivity contribution in [1.29, 1.82) is 0 Å². The Morgan fingerprint density at radius 2 is 1.86 bits per heavy atom. The van der Waals surface area contributed by atoms with E-state index in [1.807, 2.05) is 25.1 Å². The van der Waals surface area contributed by atoms with E-state index in [1.54, 1.807) is 24.3 Å². The molecule has 0 unspecified atom stereocenters. The van der Waals surface area contributed by atoms with Crippen molar-refractivity contribution >= 4 is 5.97 Å². The molecule has 2 N–H and O–H groups in total. The van der Waals surface area contributed by atoms with Gasteiger partial charge in [-0.25, -0.2) is 4.79 Å². The van der Waals surface area contributed by atoms with Crippen LogP contribution in [0.1, 0.15) is 27.0 Å². The number of phenols is 1. The number of carbonyl (C=O) groups excluding carboxylic acids is 1. The second kappa shape index (κ2) is 6.90. The smallest absolute Gasteiger partial charge is 0.337 e. The Balaban J connectivity index is 1.90. The quantitative estimate of drug-likeness (QED) is 0.829. The summed E-state index contributed by atoms with van der Waals surface area (Å²) in [5, 5.41) is 12.7. The highest BCUT2D eigenvalue weighted by Crippen LogP contribution is 2.15. The lowest BCUT2D eigenvalue weighted by Gasteiger charge is -2.09. The van der Waals surface area contributed by atoms with Gasteiger partial charge in [-0.1, -0.05) is 18.2 Å². The molecular formula is C17H19NO3. The van der Waals surface area contributed by atoms with Crippen molar-refractivity contribution in [3.63, 3.8) is 0 Å². The van der Waals surface area contributed by atoms with Crippen LogP contribution in [-0.4, -0.2) is 18.2 Å². The van der Waals surface area contributed by atoms with Gasteiger partial charge in [0, 0.05) is 13.1 Å². The summed E-state index contributed by atoms with van der Waals surface area (Å²) in [4.78, 5) is 11.3. The van der Waals surface area contributed by atoms with Gasteiger partial charge in [-0.2, -0.15) is 0 Å². The average Bonchev–Trinajstić information content (AvgIpc) is 2.49. The molecule has 2 rings (SSSR count).